The first kappa shape index (κ1) is 18.9. The number of nitrogens with one attached hydrogen (secondary N) is 1. The summed E-state index contributed by atoms with van der Waals surface area (Å²) in [5.41, 5.74) is 0.652. The molecule has 1 aromatic carbocycles. The Balaban J connectivity index is 0.00000242. The Morgan fingerprint density at radius 2 is 1.95 bits per heavy atom. The Labute approximate surface area is 137 Å². The molecule has 0 spiro atoms. The first-order chi connectivity index (χ1) is 9.89. The third-order valence-corrected chi connectivity index (χ3v) is 6.13. The number of hydrogen-bond donors (Lipinski definition) is 1. The van der Waals surface area contributed by atoms with Crippen LogP contribution in [0.3, 0.4) is 0 Å². The smallest absolute Gasteiger partial charge is 0.310 e. The van der Waals surface area contributed by atoms with Gasteiger partial charge in [0.25, 0.3) is 0 Å². The molecule has 124 valence electrons. The van der Waals surface area contributed by atoms with Crippen molar-refractivity contribution in [2.75, 3.05) is 13.7 Å². The van der Waals surface area contributed by atoms with Gasteiger partial charge in [0, 0.05) is 6.04 Å². The van der Waals surface area contributed by atoms with Crippen molar-refractivity contribution in [3.05, 3.63) is 29.8 Å². The van der Waals surface area contributed by atoms with Crippen LogP contribution in [0.15, 0.2) is 29.2 Å². The van der Waals surface area contributed by atoms with E-state index in [2.05, 4.69) is 5.32 Å². The number of sulfone groups is 1. The Kier molecular flexibility index (Phi) is 6.40. The maximum Gasteiger partial charge on any atom is 0.310 e. The third-order valence-electron chi connectivity index (χ3n) is 3.91. The molecule has 2 atom stereocenters. The quantitative estimate of drug-likeness (QED) is 0.844. The number of benzene rings is 1. The summed E-state index contributed by atoms with van der Waals surface area (Å²) in [6.45, 7) is 3.98. The van der Waals surface area contributed by atoms with Crippen molar-refractivity contribution >= 4 is 28.2 Å². The Morgan fingerprint density at radius 1 is 1.32 bits per heavy atom. The van der Waals surface area contributed by atoms with Gasteiger partial charge in [0.15, 0.2) is 9.84 Å². The molecule has 5 nitrogen and oxygen atoms in total. The number of carbonyl (C=O) groups is 1. The predicted octanol–water partition coefficient (Wildman–Crippen LogP) is 2.11. The van der Waals surface area contributed by atoms with Gasteiger partial charge in [-0.25, -0.2) is 8.42 Å². The molecule has 1 aliphatic heterocycles. The SMILES string of the molecule is COC(=O)C1CCNC1c1ccccc1S(=O)(=O)C(C)C.Cl. The molecule has 1 N–H and O–H groups in total. The van der Waals surface area contributed by atoms with E-state index < -0.39 is 15.1 Å². The number of esters is 1. The summed E-state index contributed by atoms with van der Waals surface area (Å²) in [6, 6.07) is 6.57. The van der Waals surface area contributed by atoms with Crippen molar-refractivity contribution in [3.63, 3.8) is 0 Å². The molecule has 1 aliphatic rings. The summed E-state index contributed by atoms with van der Waals surface area (Å²) in [5, 5.41) is 2.72. The molecule has 2 unspecified atom stereocenters. The molecule has 7 heteroatoms. The van der Waals surface area contributed by atoms with Crippen LogP contribution in [-0.2, 0) is 19.4 Å². The molecule has 0 radical (unpaired) electrons. The average Bonchev–Trinajstić information content (AvgIpc) is 2.95. The Hall–Kier alpha value is -1.11. The second-order valence-corrected chi connectivity index (χ2v) is 7.95. The van der Waals surface area contributed by atoms with E-state index in [4.69, 9.17) is 4.74 Å². The van der Waals surface area contributed by atoms with Gasteiger partial charge in [0.2, 0.25) is 0 Å². The second kappa shape index (κ2) is 7.44. The minimum Gasteiger partial charge on any atom is -0.469 e. The summed E-state index contributed by atoms with van der Waals surface area (Å²) < 4.78 is 29.9. The fourth-order valence-corrected chi connectivity index (χ4v) is 3.99. The van der Waals surface area contributed by atoms with Gasteiger partial charge in [-0.15, -0.1) is 12.4 Å². The number of ether oxygens (including phenoxy) is 1. The molecule has 0 amide bonds. The van der Waals surface area contributed by atoms with E-state index in [1.807, 2.05) is 0 Å². The molecule has 1 saturated heterocycles. The summed E-state index contributed by atoms with van der Waals surface area (Å²) in [7, 11) is -2.04. The molecule has 1 fully saturated rings. The zero-order valence-corrected chi connectivity index (χ0v) is 14.5. The first-order valence-electron chi connectivity index (χ1n) is 7.03. The van der Waals surface area contributed by atoms with Crippen LogP contribution in [0.25, 0.3) is 0 Å². The lowest BCUT2D eigenvalue weighted by molar-refractivity contribution is -0.145. The van der Waals surface area contributed by atoms with E-state index in [0.29, 0.717) is 23.4 Å². The second-order valence-electron chi connectivity index (χ2n) is 5.48. The van der Waals surface area contributed by atoms with Crippen LogP contribution in [0.1, 0.15) is 31.9 Å². The van der Waals surface area contributed by atoms with Gasteiger partial charge in [0.1, 0.15) is 0 Å². The summed E-state index contributed by atoms with van der Waals surface area (Å²) in [4.78, 5) is 12.2. The van der Waals surface area contributed by atoms with Gasteiger partial charge in [0.05, 0.1) is 23.2 Å². The summed E-state index contributed by atoms with van der Waals surface area (Å²) in [5.74, 6) is -0.653. The van der Waals surface area contributed by atoms with Crippen LogP contribution in [-0.4, -0.2) is 33.3 Å². The van der Waals surface area contributed by atoms with Gasteiger partial charge < -0.3 is 10.1 Å². The van der Waals surface area contributed by atoms with Crippen LogP contribution in [0, 0.1) is 5.92 Å². The predicted molar refractivity (Wildman–Crippen MR) is 86.9 cm³/mol. The van der Waals surface area contributed by atoms with Crippen LogP contribution in [0.4, 0.5) is 0 Å². The molecular weight excluding hydrogens is 326 g/mol. The number of carbonyl (C=O) groups excluding carboxylic acids is 1. The van der Waals surface area contributed by atoms with Crippen LogP contribution in [0.5, 0.6) is 0 Å². The van der Waals surface area contributed by atoms with E-state index >= 15 is 0 Å². The molecule has 0 saturated carbocycles. The highest BCUT2D eigenvalue weighted by molar-refractivity contribution is 7.92. The number of rotatable bonds is 4. The van der Waals surface area contributed by atoms with E-state index in [1.165, 1.54) is 7.11 Å². The molecule has 22 heavy (non-hydrogen) atoms. The van der Waals surface area contributed by atoms with E-state index in [9.17, 15) is 13.2 Å². The number of hydrogen-bond acceptors (Lipinski definition) is 5. The summed E-state index contributed by atoms with van der Waals surface area (Å²) in [6.07, 6.45) is 0.646. The fraction of sp³-hybridized carbons (Fsp3) is 0.533. The highest BCUT2D eigenvalue weighted by Gasteiger charge is 2.37. The maximum atomic E-state index is 12.5. The van der Waals surface area contributed by atoms with Crippen LogP contribution < -0.4 is 5.32 Å². The van der Waals surface area contributed by atoms with Crippen molar-refractivity contribution < 1.29 is 17.9 Å². The van der Waals surface area contributed by atoms with Gasteiger partial charge in [-0.05, 0) is 38.4 Å². The standard InChI is InChI=1S/C15H21NO4S.ClH/c1-10(2)21(18,19)13-7-5-4-6-11(13)14-12(8-9-16-14)15(17)20-3;/h4-7,10,12,14,16H,8-9H2,1-3H3;1H. The highest BCUT2D eigenvalue weighted by Crippen LogP contribution is 2.35. The molecule has 1 aromatic rings. The van der Waals surface area contributed by atoms with Crippen molar-refractivity contribution in [2.24, 2.45) is 5.92 Å². The molecule has 0 aliphatic carbocycles. The van der Waals surface area contributed by atoms with E-state index in [0.717, 1.165) is 0 Å². The molecule has 0 aromatic heterocycles. The van der Waals surface area contributed by atoms with Gasteiger partial charge in [-0.3, -0.25) is 4.79 Å². The number of halogens is 1. The van der Waals surface area contributed by atoms with Gasteiger partial charge >= 0.3 is 5.97 Å². The van der Waals surface area contributed by atoms with Crippen molar-refractivity contribution in [1.82, 2.24) is 5.32 Å². The van der Waals surface area contributed by atoms with E-state index in [1.54, 1.807) is 38.1 Å². The third kappa shape index (κ3) is 3.45. The van der Waals surface area contributed by atoms with Crippen LogP contribution in [0.2, 0.25) is 0 Å². The van der Waals surface area contributed by atoms with Crippen molar-refractivity contribution in [2.45, 2.75) is 36.5 Å². The zero-order chi connectivity index (χ0) is 15.6. The zero-order valence-electron chi connectivity index (χ0n) is 12.9. The lowest BCUT2D eigenvalue weighted by Gasteiger charge is -2.21. The Morgan fingerprint density at radius 3 is 2.55 bits per heavy atom. The van der Waals surface area contributed by atoms with Crippen molar-refractivity contribution in [1.29, 1.82) is 0 Å². The maximum absolute atomic E-state index is 12.5. The van der Waals surface area contributed by atoms with Gasteiger partial charge in [-0.1, -0.05) is 18.2 Å². The minimum atomic E-state index is -3.39. The lowest BCUT2D eigenvalue weighted by Crippen LogP contribution is -2.27. The molecule has 2 rings (SSSR count). The molecular formula is C15H22ClNO4S. The topological polar surface area (TPSA) is 72.5 Å². The molecule has 0 bridgehead atoms. The largest absolute Gasteiger partial charge is 0.469 e. The van der Waals surface area contributed by atoms with E-state index in [-0.39, 0.29) is 30.3 Å². The lowest BCUT2D eigenvalue weighted by atomic mass is 9.94. The first-order valence-corrected chi connectivity index (χ1v) is 8.58. The monoisotopic (exact) mass is 347 g/mol. The number of methoxy groups -OCH3 is 1. The minimum absolute atomic E-state index is 0. The van der Waals surface area contributed by atoms with Crippen molar-refractivity contribution in [3.8, 4) is 0 Å². The van der Waals surface area contributed by atoms with Gasteiger partial charge in [-0.2, -0.15) is 0 Å². The normalized spacial score (nSPS) is 21.5. The Bertz CT molecular complexity index is 630. The molecule has 1 heterocycles. The summed E-state index contributed by atoms with van der Waals surface area (Å²) >= 11 is 0. The average molecular weight is 348 g/mol. The van der Waals surface area contributed by atoms with Crippen LogP contribution >= 0.6 is 12.4 Å². The fourth-order valence-electron chi connectivity index (χ4n) is 2.69. The highest BCUT2D eigenvalue weighted by atomic mass is 35.5.